The predicted molar refractivity (Wildman–Crippen MR) is 97.1 cm³/mol. The minimum absolute atomic E-state index is 0. The molecule has 1 aliphatic heterocycles. The van der Waals surface area contributed by atoms with Gasteiger partial charge in [-0.2, -0.15) is 0 Å². The van der Waals surface area contributed by atoms with E-state index in [1.54, 1.807) is 0 Å². The van der Waals surface area contributed by atoms with Crippen molar-refractivity contribution in [2.24, 2.45) is 5.92 Å². The standard InChI is InChI=1S/C18H28N2O2.ClH/c1-14(2)22-13-16-3-6-17(7-4-16)20-18(21)8-5-15-9-11-19-12-10-15;/h3-4,6-7,14-15,19H,5,8-13H2,1-2H3,(H,20,21);1H. The van der Waals surface area contributed by atoms with Crippen molar-refractivity contribution in [3.63, 3.8) is 0 Å². The highest BCUT2D eigenvalue weighted by molar-refractivity contribution is 5.90. The Balaban J connectivity index is 0.00000264. The predicted octanol–water partition coefficient (Wildman–Crippen LogP) is 3.75. The molecule has 1 aromatic rings. The molecule has 0 unspecified atom stereocenters. The molecule has 23 heavy (non-hydrogen) atoms. The van der Waals surface area contributed by atoms with Crippen LogP contribution in [0, 0.1) is 5.92 Å². The van der Waals surface area contributed by atoms with Gasteiger partial charge < -0.3 is 15.4 Å². The van der Waals surface area contributed by atoms with Crippen molar-refractivity contribution in [1.82, 2.24) is 5.32 Å². The molecule has 0 aromatic heterocycles. The average molecular weight is 341 g/mol. The number of amides is 1. The Bertz CT molecular complexity index is 457. The first-order chi connectivity index (χ1) is 10.6. The van der Waals surface area contributed by atoms with Gasteiger partial charge in [0.1, 0.15) is 0 Å². The van der Waals surface area contributed by atoms with E-state index >= 15 is 0 Å². The van der Waals surface area contributed by atoms with E-state index in [0.29, 0.717) is 18.9 Å². The Kier molecular flexibility index (Phi) is 9.22. The molecule has 0 aliphatic carbocycles. The second-order valence-corrected chi connectivity index (χ2v) is 6.34. The summed E-state index contributed by atoms with van der Waals surface area (Å²) in [7, 11) is 0. The summed E-state index contributed by atoms with van der Waals surface area (Å²) in [5.41, 5.74) is 1.99. The van der Waals surface area contributed by atoms with Crippen LogP contribution in [0.1, 0.15) is 45.1 Å². The Morgan fingerprint density at radius 2 is 1.91 bits per heavy atom. The number of anilines is 1. The largest absolute Gasteiger partial charge is 0.374 e. The average Bonchev–Trinajstić information content (AvgIpc) is 2.53. The molecule has 130 valence electrons. The first-order valence-corrected chi connectivity index (χ1v) is 8.34. The molecular formula is C18H29ClN2O2. The van der Waals surface area contributed by atoms with Gasteiger partial charge in [0.15, 0.2) is 0 Å². The number of halogens is 1. The van der Waals surface area contributed by atoms with Crippen molar-refractivity contribution >= 4 is 24.0 Å². The van der Waals surface area contributed by atoms with Gasteiger partial charge >= 0.3 is 0 Å². The van der Waals surface area contributed by atoms with Gasteiger partial charge in [-0.3, -0.25) is 4.79 Å². The molecule has 0 atom stereocenters. The molecule has 1 heterocycles. The molecule has 1 fully saturated rings. The molecule has 1 amide bonds. The van der Waals surface area contributed by atoms with Crippen LogP contribution in [0.4, 0.5) is 5.69 Å². The first-order valence-electron chi connectivity index (χ1n) is 8.34. The SMILES string of the molecule is CC(C)OCc1ccc(NC(=O)CCC2CCNCC2)cc1.Cl. The number of carbonyl (C=O) groups is 1. The molecule has 4 nitrogen and oxygen atoms in total. The summed E-state index contributed by atoms with van der Waals surface area (Å²) in [5.74, 6) is 0.812. The van der Waals surface area contributed by atoms with E-state index < -0.39 is 0 Å². The van der Waals surface area contributed by atoms with Crippen LogP contribution in [-0.2, 0) is 16.1 Å². The first kappa shape index (κ1) is 19.9. The molecule has 5 heteroatoms. The number of piperidine rings is 1. The van der Waals surface area contributed by atoms with Crippen molar-refractivity contribution in [2.45, 2.75) is 52.2 Å². The van der Waals surface area contributed by atoms with Crippen LogP contribution in [0.3, 0.4) is 0 Å². The minimum atomic E-state index is 0. The summed E-state index contributed by atoms with van der Waals surface area (Å²) in [6.07, 6.45) is 4.22. The van der Waals surface area contributed by atoms with Crippen molar-refractivity contribution in [1.29, 1.82) is 0 Å². The fourth-order valence-electron chi connectivity index (χ4n) is 2.68. The fraction of sp³-hybridized carbons (Fsp3) is 0.611. The Labute approximate surface area is 145 Å². The van der Waals surface area contributed by atoms with Gasteiger partial charge in [0, 0.05) is 12.1 Å². The Morgan fingerprint density at radius 1 is 1.26 bits per heavy atom. The van der Waals surface area contributed by atoms with Gasteiger partial charge in [0.25, 0.3) is 0 Å². The van der Waals surface area contributed by atoms with Crippen molar-refractivity contribution in [3.8, 4) is 0 Å². The maximum atomic E-state index is 12.0. The third-order valence-corrected chi connectivity index (χ3v) is 4.06. The summed E-state index contributed by atoms with van der Waals surface area (Å²) in [4.78, 5) is 12.0. The lowest BCUT2D eigenvalue weighted by Crippen LogP contribution is -2.28. The second-order valence-electron chi connectivity index (χ2n) is 6.34. The van der Waals surface area contributed by atoms with Crippen LogP contribution < -0.4 is 10.6 Å². The van der Waals surface area contributed by atoms with E-state index in [1.807, 2.05) is 38.1 Å². The van der Waals surface area contributed by atoms with Gasteiger partial charge in [0.05, 0.1) is 12.7 Å². The van der Waals surface area contributed by atoms with Crippen molar-refractivity contribution < 1.29 is 9.53 Å². The maximum absolute atomic E-state index is 12.0. The zero-order valence-electron chi connectivity index (χ0n) is 14.1. The molecule has 2 N–H and O–H groups in total. The molecular weight excluding hydrogens is 312 g/mol. The summed E-state index contributed by atoms with van der Waals surface area (Å²) >= 11 is 0. The van der Waals surface area contributed by atoms with Crippen molar-refractivity contribution in [2.75, 3.05) is 18.4 Å². The highest BCUT2D eigenvalue weighted by Crippen LogP contribution is 2.18. The van der Waals surface area contributed by atoms with Crippen LogP contribution in [0.15, 0.2) is 24.3 Å². The number of hydrogen-bond acceptors (Lipinski definition) is 3. The van der Waals surface area contributed by atoms with E-state index in [1.165, 1.54) is 12.8 Å². The number of hydrogen-bond donors (Lipinski definition) is 2. The van der Waals surface area contributed by atoms with Crippen LogP contribution >= 0.6 is 12.4 Å². The molecule has 1 aliphatic rings. The van der Waals surface area contributed by atoms with E-state index in [2.05, 4.69) is 10.6 Å². The third kappa shape index (κ3) is 7.82. The Hall–Kier alpha value is -1.10. The second kappa shape index (κ2) is 10.6. The highest BCUT2D eigenvalue weighted by atomic mass is 35.5. The topological polar surface area (TPSA) is 50.4 Å². The van der Waals surface area contributed by atoms with Crippen LogP contribution in [0.25, 0.3) is 0 Å². The van der Waals surface area contributed by atoms with E-state index in [4.69, 9.17) is 4.74 Å². The van der Waals surface area contributed by atoms with E-state index in [-0.39, 0.29) is 24.4 Å². The lowest BCUT2D eigenvalue weighted by atomic mass is 9.93. The minimum Gasteiger partial charge on any atom is -0.374 e. The fourth-order valence-corrected chi connectivity index (χ4v) is 2.68. The molecule has 0 spiro atoms. The summed E-state index contributed by atoms with van der Waals surface area (Å²) < 4.78 is 5.56. The van der Waals surface area contributed by atoms with Gasteiger partial charge in [-0.1, -0.05) is 12.1 Å². The van der Waals surface area contributed by atoms with Crippen LogP contribution in [0.2, 0.25) is 0 Å². The molecule has 0 radical (unpaired) electrons. The van der Waals surface area contributed by atoms with Crippen LogP contribution in [0.5, 0.6) is 0 Å². The smallest absolute Gasteiger partial charge is 0.224 e. The van der Waals surface area contributed by atoms with Gasteiger partial charge in [0.2, 0.25) is 5.91 Å². The zero-order chi connectivity index (χ0) is 15.8. The quantitative estimate of drug-likeness (QED) is 0.794. The summed E-state index contributed by atoms with van der Waals surface area (Å²) in [6.45, 7) is 6.84. The summed E-state index contributed by atoms with van der Waals surface area (Å²) in [5, 5.41) is 6.33. The maximum Gasteiger partial charge on any atom is 0.224 e. The van der Waals surface area contributed by atoms with Crippen LogP contribution in [-0.4, -0.2) is 25.1 Å². The lowest BCUT2D eigenvalue weighted by molar-refractivity contribution is -0.116. The summed E-state index contributed by atoms with van der Waals surface area (Å²) in [6, 6.07) is 7.90. The van der Waals surface area contributed by atoms with Gasteiger partial charge in [-0.05, 0) is 69.8 Å². The normalized spacial score (nSPS) is 15.3. The van der Waals surface area contributed by atoms with E-state index in [0.717, 1.165) is 30.8 Å². The number of carbonyl (C=O) groups excluding carboxylic acids is 1. The van der Waals surface area contributed by atoms with Crippen molar-refractivity contribution in [3.05, 3.63) is 29.8 Å². The molecule has 1 saturated heterocycles. The Morgan fingerprint density at radius 3 is 2.52 bits per heavy atom. The number of rotatable bonds is 7. The number of ether oxygens (including phenoxy) is 1. The number of benzene rings is 1. The van der Waals surface area contributed by atoms with E-state index in [9.17, 15) is 4.79 Å². The zero-order valence-corrected chi connectivity index (χ0v) is 15.0. The molecule has 2 rings (SSSR count). The molecule has 1 aromatic carbocycles. The monoisotopic (exact) mass is 340 g/mol. The highest BCUT2D eigenvalue weighted by Gasteiger charge is 2.14. The number of nitrogens with one attached hydrogen (secondary N) is 2. The van der Waals surface area contributed by atoms with Gasteiger partial charge in [-0.15, -0.1) is 12.4 Å². The molecule has 0 saturated carbocycles. The van der Waals surface area contributed by atoms with Gasteiger partial charge in [-0.25, -0.2) is 0 Å². The lowest BCUT2D eigenvalue weighted by Gasteiger charge is -2.22. The molecule has 0 bridgehead atoms. The third-order valence-electron chi connectivity index (χ3n) is 4.06.